The van der Waals surface area contributed by atoms with Crippen LogP contribution in [0.2, 0.25) is 0 Å². The molecule has 0 amide bonds. The summed E-state index contributed by atoms with van der Waals surface area (Å²) in [5.41, 5.74) is 3.64. The molecule has 2 nitrogen and oxygen atoms in total. The fourth-order valence-corrected chi connectivity index (χ4v) is 3.13. The summed E-state index contributed by atoms with van der Waals surface area (Å²) in [6.07, 6.45) is 6.38. The number of benzene rings is 1. The standard InChI is InChI=1S/C19H24N2S/c1-5-6-7-12-21-19(20-4)17-13-16(10-8-14(17)2)18-11-9-15(3)22-18/h7-13H,5-6H2,1-4H3,(H,20,21)/b12-7+. The second-order valence-corrected chi connectivity index (χ2v) is 6.64. The molecule has 22 heavy (non-hydrogen) atoms. The van der Waals surface area contributed by atoms with Gasteiger partial charge >= 0.3 is 0 Å². The van der Waals surface area contributed by atoms with Crippen LogP contribution < -0.4 is 5.32 Å². The van der Waals surface area contributed by atoms with E-state index in [2.05, 4.69) is 67.5 Å². The van der Waals surface area contributed by atoms with Gasteiger partial charge < -0.3 is 5.32 Å². The first-order chi connectivity index (χ1) is 10.7. The first-order valence-electron chi connectivity index (χ1n) is 7.72. The Labute approximate surface area is 137 Å². The molecule has 0 bridgehead atoms. The van der Waals surface area contributed by atoms with Crippen molar-refractivity contribution < 1.29 is 0 Å². The molecule has 0 spiro atoms. The molecule has 1 aromatic carbocycles. The van der Waals surface area contributed by atoms with Crippen LogP contribution in [0, 0.1) is 13.8 Å². The van der Waals surface area contributed by atoms with Gasteiger partial charge in [0.1, 0.15) is 5.84 Å². The monoisotopic (exact) mass is 312 g/mol. The summed E-state index contributed by atoms with van der Waals surface area (Å²) in [7, 11) is 1.83. The van der Waals surface area contributed by atoms with Crippen molar-refractivity contribution >= 4 is 17.2 Å². The SMILES string of the molecule is CCC/C=C/NC(=NC)c1cc(-c2ccc(C)s2)ccc1C. The molecule has 2 rings (SSSR count). The lowest BCUT2D eigenvalue weighted by Gasteiger charge is -2.11. The highest BCUT2D eigenvalue weighted by Crippen LogP contribution is 2.29. The van der Waals surface area contributed by atoms with Crippen LogP contribution in [-0.2, 0) is 0 Å². The van der Waals surface area contributed by atoms with Gasteiger partial charge in [0, 0.05) is 22.4 Å². The van der Waals surface area contributed by atoms with Crippen LogP contribution >= 0.6 is 11.3 Å². The Bertz CT molecular complexity index is 680. The van der Waals surface area contributed by atoms with E-state index in [1.807, 2.05) is 24.6 Å². The first-order valence-corrected chi connectivity index (χ1v) is 8.53. The van der Waals surface area contributed by atoms with Crippen molar-refractivity contribution in [2.24, 2.45) is 4.99 Å². The molecule has 0 aliphatic carbocycles. The number of rotatable bonds is 5. The van der Waals surface area contributed by atoms with Crippen LogP contribution in [0.1, 0.15) is 35.8 Å². The average Bonchev–Trinajstić information content (AvgIpc) is 2.95. The number of thiophene rings is 1. The number of hydrogen-bond acceptors (Lipinski definition) is 2. The highest BCUT2D eigenvalue weighted by atomic mass is 32.1. The second-order valence-electron chi connectivity index (χ2n) is 5.35. The molecule has 0 atom stereocenters. The molecular formula is C19H24N2S. The van der Waals surface area contributed by atoms with Gasteiger partial charge in [-0.05, 0) is 55.8 Å². The highest BCUT2D eigenvalue weighted by molar-refractivity contribution is 7.15. The van der Waals surface area contributed by atoms with Gasteiger partial charge in [-0.25, -0.2) is 0 Å². The summed E-state index contributed by atoms with van der Waals surface area (Å²) >= 11 is 1.82. The molecule has 0 radical (unpaired) electrons. The molecule has 0 aliphatic heterocycles. The van der Waals surface area contributed by atoms with Gasteiger partial charge in [-0.15, -0.1) is 11.3 Å². The summed E-state index contributed by atoms with van der Waals surface area (Å²) in [5, 5.41) is 3.32. The largest absolute Gasteiger partial charge is 0.347 e. The maximum atomic E-state index is 4.41. The van der Waals surface area contributed by atoms with Crippen LogP contribution in [0.3, 0.4) is 0 Å². The van der Waals surface area contributed by atoms with Gasteiger partial charge in [0.25, 0.3) is 0 Å². The van der Waals surface area contributed by atoms with Crippen molar-refractivity contribution in [3.05, 3.63) is 58.6 Å². The first kappa shape index (κ1) is 16.5. The Morgan fingerprint density at radius 2 is 2.05 bits per heavy atom. The van der Waals surface area contributed by atoms with E-state index in [0.29, 0.717) is 0 Å². The minimum atomic E-state index is 0.917. The second kappa shape index (κ2) is 7.95. The fourth-order valence-electron chi connectivity index (χ4n) is 2.27. The van der Waals surface area contributed by atoms with Crippen molar-refractivity contribution in [3.8, 4) is 10.4 Å². The van der Waals surface area contributed by atoms with Crippen LogP contribution in [-0.4, -0.2) is 12.9 Å². The van der Waals surface area contributed by atoms with E-state index in [0.717, 1.165) is 24.2 Å². The Hall–Kier alpha value is -1.87. The molecule has 1 N–H and O–H groups in total. The van der Waals surface area contributed by atoms with Crippen molar-refractivity contribution in [1.82, 2.24) is 5.32 Å². The van der Waals surface area contributed by atoms with Crippen molar-refractivity contribution in [2.75, 3.05) is 7.05 Å². The van der Waals surface area contributed by atoms with Gasteiger partial charge in [0.05, 0.1) is 0 Å². The number of allylic oxidation sites excluding steroid dienone is 1. The van der Waals surface area contributed by atoms with Crippen LogP contribution in [0.4, 0.5) is 0 Å². The van der Waals surface area contributed by atoms with Crippen molar-refractivity contribution in [3.63, 3.8) is 0 Å². The van der Waals surface area contributed by atoms with E-state index in [1.54, 1.807) is 0 Å². The van der Waals surface area contributed by atoms with Gasteiger partial charge in [-0.2, -0.15) is 0 Å². The summed E-state index contributed by atoms with van der Waals surface area (Å²) in [6, 6.07) is 10.9. The summed E-state index contributed by atoms with van der Waals surface area (Å²) in [6.45, 7) is 6.44. The Morgan fingerprint density at radius 1 is 1.23 bits per heavy atom. The molecule has 2 aromatic rings. The molecular weight excluding hydrogens is 288 g/mol. The van der Waals surface area contributed by atoms with Crippen molar-refractivity contribution in [1.29, 1.82) is 0 Å². The van der Waals surface area contributed by atoms with E-state index in [1.165, 1.54) is 20.9 Å². The number of unbranched alkanes of at least 4 members (excludes halogenated alkanes) is 1. The molecule has 0 aliphatic rings. The van der Waals surface area contributed by atoms with E-state index < -0.39 is 0 Å². The van der Waals surface area contributed by atoms with Crippen LogP contribution in [0.15, 0.2) is 47.6 Å². The number of amidine groups is 1. The number of aliphatic imine (C=N–C) groups is 1. The molecule has 1 aromatic heterocycles. The lowest BCUT2D eigenvalue weighted by molar-refractivity contribution is 0.951. The zero-order valence-corrected chi connectivity index (χ0v) is 14.6. The van der Waals surface area contributed by atoms with Gasteiger partial charge in [-0.1, -0.05) is 31.6 Å². The minimum Gasteiger partial charge on any atom is -0.347 e. The fraction of sp³-hybridized carbons (Fsp3) is 0.316. The Balaban J connectivity index is 2.29. The highest BCUT2D eigenvalue weighted by Gasteiger charge is 2.08. The Morgan fingerprint density at radius 3 is 2.68 bits per heavy atom. The van der Waals surface area contributed by atoms with E-state index in [9.17, 15) is 0 Å². The lowest BCUT2D eigenvalue weighted by atomic mass is 10.0. The lowest BCUT2D eigenvalue weighted by Crippen LogP contribution is -2.19. The molecule has 1 heterocycles. The quantitative estimate of drug-likeness (QED) is 0.587. The number of aryl methyl sites for hydroxylation is 2. The minimum absolute atomic E-state index is 0.917. The third-order valence-corrected chi connectivity index (χ3v) is 4.58. The van der Waals surface area contributed by atoms with Crippen LogP contribution in [0.25, 0.3) is 10.4 Å². The molecule has 3 heteroatoms. The topological polar surface area (TPSA) is 24.4 Å². The molecule has 0 saturated carbocycles. The average molecular weight is 312 g/mol. The smallest absolute Gasteiger partial charge is 0.132 e. The van der Waals surface area contributed by atoms with Gasteiger partial charge in [0.2, 0.25) is 0 Å². The summed E-state index contributed by atoms with van der Waals surface area (Å²) in [5.74, 6) is 0.917. The summed E-state index contributed by atoms with van der Waals surface area (Å²) in [4.78, 5) is 7.05. The zero-order valence-electron chi connectivity index (χ0n) is 13.8. The van der Waals surface area contributed by atoms with E-state index >= 15 is 0 Å². The maximum absolute atomic E-state index is 4.41. The Kier molecular flexibility index (Phi) is 5.96. The van der Waals surface area contributed by atoms with Gasteiger partial charge in [0.15, 0.2) is 0 Å². The van der Waals surface area contributed by atoms with Crippen molar-refractivity contribution in [2.45, 2.75) is 33.6 Å². The summed E-state index contributed by atoms with van der Waals surface area (Å²) < 4.78 is 0. The normalized spacial score (nSPS) is 12.1. The number of nitrogens with zero attached hydrogens (tertiary/aromatic N) is 1. The maximum Gasteiger partial charge on any atom is 0.132 e. The predicted molar refractivity (Wildman–Crippen MR) is 98.9 cm³/mol. The molecule has 0 fully saturated rings. The van der Waals surface area contributed by atoms with E-state index in [-0.39, 0.29) is 0 Å². The number of hydrogen-bond donors (Lipinski definition) is 1. The van der Waals surface area contributed by atoms with Crippen LogP contribution in [0.5, 0.6) is 0 Å². The third kappa shape index (κ3) is 4.08. The zero-order chi connectivity index (χ0) is 15.9. The third-order valence-electron chi connectivity index (χ3n) is 3.53. The van der Waals surface area contributed by atoms with Gasteiger partial charge in [-0.3, -0.25) is 4.99 Å². The molecule has 0 unspecified atom stereocenters. The molecule has 116 valence electrons. The molecule has 0 saturated heterocycles. The van der Waals surface area contributed by atoms with E-state index in [4.69, 9.17) is 0 Å². The number of nitrogens with one attached hydrogen (secondary N) is 1. The predicted octanol–water partition coefficient (Wildman–Crippen LogP) is 5.31.